The summed E-state index contributed by atoms with van der Waals surface area (Å²) in [6, 6.07) is 12.3. The van der Waals surface area contributed by atoms with Crippen LogP contribution in [0.15, 0.2) is 40.4 Å². The average molecular weight is 524 g/mol. The fourth-order valence-electron chi connectivity index (χ4n) is 2.82. The minimum absolute atomic E-state index is 0.249. The van der Waals surface area contributed by atoms with Crippen LogP contribution in [0, 0.1) is 11.3 Å². The van der Waals surface area contributed by atoms with E-state index in [4.69, 9.17) is 14.2 Å². The fourth-order valence-corrected chi connectivity index (χ4v) is 4.76. The van der Waals surface area contributed by atoms with Crippen LogP contribution in [0.5, 0.6) is 17.2 Å². The van der Waals surface area contributed by atoms with Crippen molar-refractivity contribution in [2.24, 2.45) is 0 Å². The van der Waals surface area contributed by atoms with Gasteiger partial charge in [-0.05, 0) is 0 Å². The van der Waals surface area contributed by atoms with Gasteiger partial charge in [-0.25, -0.2) is 0 Å². The summed E-state index contributed by atoms with van der Waals surface area (Å²) in [7, 11) is 3.20. The monoisotopic (exact) mass is 523 g/mol. The van der Waals surface area contributed by atoms with Gasteiger partial charge in [-0.15, -0.1) is 0 Å². The SMILES string of the molecule is COc1cc(C2=C(C#N)C([AsH2])Oc3cc([AsH2])ccc32)cc(Br)c1OC. The van der Waals surface area contributed by atoms with Crippen LogP contribution < -0.4 is 18.6 Å². The van der Waals surface area contributed by atoms with Crippen molar-refractivity contribution in [3.8, 4) is 23.3 Å². The molecule has 0 spiro atoms. The van der Waals surface area contributed by atoms with Gasteiger partial charge in [0.2, 0.25) is 0 Å². The van der Waals surface area contributed by atoms with Crippen LogP contribution in [-0.2, 0) is 0 Å². The van der Waals surface area contributed by atoms with Crippen molar-refractivity contribution in [2.45, 2.75) is 4.89 Å². The number of ether oxygens (including phenoxy) is 3. The van der Waals surface area contributed by atoms with Gasteiger partial charge in [-0.1, -0.05) is 0 Å². The summed E-state index contributed by atoms with van der Waals surface area (Å²) in [6.07, 6.45) is 0. The Morgan fingerprint density at radius 3 is 2.60 bits per heavy atom. The Morgan fingerprint density at radius 2 is 1.96 bits per heavy atom. The molecule has 1 heterocycles. The van der Waals surface area contributed by atoms with E-state index in [1.807, 2.05) is 30.3 Å². The molecule has 0 saturated heterocycles. The molecule has 0 amide bonds. The molecule has 3 unspecified atom stereocenters. The Hall–Kier alpha value is -1.33. The van der Waals surface area contributed by atoms with E-state index in [2.05, 4.69) is 22.0 Å². The molecule has 0 aliphatic carbocycles. The minimum atomic E-state index is -0.249. The first kappa shape index (κ1) is 18.5. The molecule has 7 heteroatoms. The molecule has 2 aromatic rings. The van der Waals surface area contributed by atoms with E-state index in [1.165, 1.54) is 21.2 Å². The van der Waals surface area contributed by atoms with E-state index in [9.17, 15) is 5.26 Å². The zero-order chi connectivity index (χ0) is 18.1. The Bertz CT molecular complexity index is 921. The summed E-state index contributed by atoms with van der Waals surface area (Å²) < 4.78 is 18.8. The number of benzene rings is 2. The third-order valence-electron chi connectivity index (χ3n) is 3.93. The molecule has 3 atom stereocenters. The van der Waals surface area contributed by atoms with Gasteiger partial charge in [0.25, 0.3) is 0 Å². The number of methoxy groups -OCH3 is 2. The second-order valence-corrected chi connectivity index (χ2v) is 8.91. The van der Waals surface area contributed by atoms with Crippen molar-refractivity contribution in [2.75, 3.05) is 14.2 Å². The van der Waals surface area contributed by atoms with Crippen LogP contribution >= 0.6 is 15.9 Å². The zero-order valence-corrected chi connectivity index (χ0v) is 20.1. The van der Waals surface area contributed by atoms with Gasteiger partial charge in [0, 0.05) is 0 Å². The van der Waals surface area contributed by atoms with Crippen molar-refractivity contribution in [1.29, 1.82) is 5.26 Å². The van der Waals surface area contributed by atoms with Gasteiger partial charge in [0.05, 0.1) is 0 Å². The molecule has 0 radical (unpaired) electrons. The van der Waals surface area contributed by atoms with Crippen molar-refractivity contribution < 1.29 is 14.2 Å². The molecule has 1 aliphatic heterocycles. The van der Waals surface area contributed by atoms with E-state index >= 15 is 0 Å². The molecule has 0 bridgehead atoms. The van der Waals surface area contributed by atoms with Crippen LogP contribution in [0.3, 0.4) is 0 Å². The summed E-state index contributed by atoms with van der Waals surface area (Å²) in [5, 5.41) is 9.73. The Balaban J connectivity index is 2.30. The molecule has 3 rings (SSSR count). The Morgan fingerprint density at radius 1 is 1.20 bits per heavy atom. The number of rotatable bonds is 3. The molecule has 1 aliphatic rings. The first-order valence-corrected chi connectivity index (χ1v) is 10.8. The summed E-state index contributed by atoms with van der Waals surface area (Å²) >= 11 is 6.45. The second-order valence-electron chi connectivity index (χ2n) is 5.39. The molecule has 0 N–H and O–H groups in total. The maximum absolute atomic E-state index is 9.73. The predicted octanol–water partition coefficient (Wildman–Crippen LogP) is 1.40. The molecule has 0 aromatic heterocycles. The third-order valence-corrected chi connectivity index (χ3v) is 6.25. The number of hydrogen-bond acceptors (Lipinski definition) is 4. The summed E-state index contributed by atoms with van der Waals surface area (Å²) in [4.78, 5) is -0.249. The van der Waals surface area contributed by atoms with E-state index < -0.39 is 0 Å². The van der Waals surface area contributed by atoms with E-state index in [0.29, 0.717) is 17.1 Å². The van der Waals surface area contributed by atoms with Crippen LogP contribution in [0.4, 0.5) is 0 Å². The van der Waals surface area contributed by atoms with Crippen molar-refractivity contribution >= 4 is 59.6 Å². The molecule has 2 aromatic carbocycles. The predicted molar refractivity (Wildman–Crippen MR) is 106 cm³/mol. The quantitative estimate of drug-likeness (QED) is 0.571. The summed E-state index contributed by atoms with van der Waals surface area (Å²) in [5.41, 5.74) is 3.32. The number of nitriles is 1. The normalized spacial score (nSPS) is 15.9. The van der Waals surface area contributed by atoms with Gasteiger partial charge in [0.15, 0.2) is 0 Å². The number of nitrogens with zero attached hydrogens (tertiary/aromatic N) is 1. The molecule has 25 heavy (non-hydrogen) atoms. The van der Waals surface area contributed by atoms with Gasteiger partial charge in [-0.3, -0.25) is 0 Å². The van der Waals surface area contributed by atoms with Crippen molar-refractivity contribution in [3.05, 3.63) is 51.5 Å². The van der Waals surface area contributed by atoms with E-state index in [0.717, 1.165) is 26.9 Å². The zero-order valence-electron chi connectivity index (χ0n) is 13.7. The number of halogens is 1. The number of hydrogen-bond donors (Lipinski definition) is 0. The first-order chi connectivity index (χ1) is 12.0. The molecule has 128 valence electrons. The molecular weight excluding hydrogens is 508 g/mol. The summed E-state index contributed by atoms with van der Waals surface area (Å²) in [5.74, 6) is 2.05. The van der Waals surface area contributed by atoms with Gasteiger partial charge >= 0.3 is 173 Å². The van der Waals surface area contributed by atoms with Crippen molar-refractivity contribution in [3.63, 3.8) is 0 Å². The van der Waals surface area contributed by atoms with E-state index in [-0.39, 0.29) is 4.89 Å². The van der Waals surface area contributed by atoms with Gasteiger partial charge in [0.1, 0.15) is 0 Å². The molecule has 0 saturated carbocycles. The topological polar surface area (TPSA) is 51.5 Å². The Kier molecular flexibility index (Phi) is 5.54. The second kappa shape index (κ2) is 7.50. The van der Waals surface area contributed by atoms with Gasteiger partial charge in [-0.2, -0.15) is 0 Å². The van der Waals surface area contributed by atoms with Crippen LogP contribution in [0.25, 0.3) is 5.57 Å². The van der Waals surface area contributed by atoms with E-state index in [1.54, 1.807) is 31.1 Å². The van der Waals surface area contributed by atoms with Gasteiger partial charge < -0.3 is 0 Å². The van der Waals surface area contributed by atoms with Crippen LogP contribution in [0.2, 0.25) is 0 Å². The summed E-state index contributed by atoms with van der Waals surface area (Å²) in [6.45, 7) is 0. The van der Waals surface area contributed by atoms with Crippen LogP contribution in [0.1, 0.15) is 11.1 Å². The molecule has 4 nitrogen and oxygen atoms in total. The fraction of sp³-hybridized carbons (Fsp3) is 0.167. The maximum atomic E-state index is 9.73. The van der Waals surface area contributed by atoms with Crippen molar-refractivity contribution in [1.82, 2.24) is 0 Å². The van der Waals surface area contributed by atoms with Crippen LogP contribution in [-0.4, -0.2) is 52.8 Å². The standard InChI is InChI=1S/C18H16As2BrNO3/c1-23-15-6-9(5-13(21)17(15)24-2)16-11-4-3-10(19)7-14(11)25-18(20)12(16)8-22/h3-7,18H,19-20H2,1-2H3. The number of fused-ring (bicyclic) bond motifs is 1. The average Bonchev–Trinajstić information content (AvgIpc) is 2.59. The first-order valence-electron chi connectivity index (χ1n) is 7.38. The Labute approximate surface area is 172 Å². The molecular formula is C18H16As2BrNO3. The molecule has 0 fully saturated rings. The third kappa shape index (κ3) is 3.36.